The van der Waals surface area contributed by atoms with Crippen LogP contribution in [-0.4, -0.2) is 30.2 Å². The highest BCUT2D eigenvalue weighted by Crippen LogP contribution is 2.46. The van der Waals surface area contributed by atoms with Gasteiger partial charge in [0.1, 0.15) is 6.29 Å². The van der Waals surface area contributed by atoms with E-state index in [9.17, 15) is 9.59 Å². The highest BCUT2D eigenvalue weighted by atomic mass is 16.2. The van der Waals surface area contributed by atoms with Gasteiger partial charge in [-0.1, -0.05) is 12.8 Å². The molecule has 2 rings (SSSR count). The van der Waals surface area contributed by atoms with Gasteiger partial charge in [-0.05, 0) is 24.7 Å². The van der Waals surface area contributed by atoms with Gasteiger partial charge in [0.25, 0.3) is 0 Å². The zero-order valence-electron chi connectivity index (χ0n) is 9.21. The lowest BCUT2D eigenvalue weighted by atomic mass is 9.76. The summed E-state index contributed by atoms with van der Waals surface area (Å²) in [4.78, 5) is 24.0. The van der Waals surface area contributed by atoms with Crippen molar-refractivity contribution in [1.29, 1.82) is 0 Å². The number of carbonyl (C=O) groups is 2. The smallest absolute Gasteiger partial charge is 0.223 e. The second-order valence-electron chi connectivity index (χ2n) is 4.97. The van der Waals surface area contributed by atoms with Crippen molar-refractivity contribution >= 4 is 12.2 Å². The number of piperidine rings is 1. The maximum Gasteiger partial charge on any atom is 0.223 e. The minimum atomic E-state index is 0.269. The number of aldehydes is 1. The molecule has 0 aromatic rings. The van der Waals surface area contributed by atoms with Gasteiger partial charge in [0.05, 0.1) is 0 Å². The first-order chi connectivity index (χ1) is 7.26. The Morgan fingerprint density at radius 2 is 2.00 bits per heavy atom. The van der Waals surface area contributed by atoms with E-state index in [2.05, 4.69) is 0 Å². The third-order valence-corrected chi connectivity index (χ3v) is 3.97. The minimum absolute atomic E-state index is 0.269. The van der Waals surface area contributed by atoms with Crippen molar-refractivity contribution in [2.24, 2.45) is 5.41 Å². The molecule has 0 N–H and O–H groups in total. The van der Waals surface area contributed by atoms with Gasteiger partial charge >= 0.3 is 0 Å². The van der Waals surface area contributed by atoms with Crippen LogP contribution in [0.3, 0.4) is 0 Å². The summed E-state index contributed by atoms with van der Waals surface area (Å²) < 4.78 is 0. The first kappa shape index (κ1) is 10.7. The minimum Gasteiger partial charge on any atom is -0.342 e. The molecule has 1 saturated carbocycles. The van der Waals surface area contributed by atoms with Gasteiger partial charge < -0.3 is 9.69 Å². The fourth-order valence-corrected chi connectivity index (χ4v) is 3.01. The van der Waals surface area contributed by atoms with Crippen molar-refractivity contribution in [1.82, 2.24) is 4.90 Å². The number of nitrogens with zero attached hydrogens (tertiary/aromatic N) is 1. The second kappa shape index (κ2) is 4.33. The molecule has 1 aliphatic heterocycles. The van der Waals surface area contributed by atoms with E-state index in [1.165, 1.54) is 25.7 Å². The molecule has 1 amide bonds. The van der Waals surface area contributed by atoms with Crippen LogP contribution >= 0.6 is 0 Å². The van der Waals surface area contributed by atoms with Gasteiger partial charge in [-0.3, -0.25) is 4.79 Å². The van der Waals surface area contributed by atoms with E-state index in [0.717, 1.165) is 25.7 Å². The molecule has 0 aromatic heterocycles. The third kappa shape index (κ3) is 2.21. The highest BCUT2D eigenvalue weighted by Gasteiger charge is 2.40. The number of amides is 1. The van der Waals surface area contributed by atoms with Gasteiger partial charge in [-0.25, -0.2) is 0 Å². The molecule has 2 fully saturated rings. The van der Waals surface area contributed by atoms with E-state index in [1.54, 1.807) is 0 Å². The molecule has 2 aliphatic rings. The van der Waals surface area contributed by atoms with Crippen molar-refractivity contribution in [3.63, 3.8) is 0 Å². The number of hydrogen-bond acceptors (Lipinski definition) is 2. The Bertz CT molecular complexity index is 256. The predicted octanol–water partition coefficient (Wildman–Crippen LogP) is 1.76. The Balaban J connectivity index is 1.90. The van der Waals surface area contributed by atoms with Gasteiger partial charge in [-0.15, -0.1) is 0 Å². The maximum atomic E-state index is 11.9. The van der Waals surface area contributed by atoms with Gasteiger partial charge in [-0.2, -0.15) is 0 Å². The molecule has 84 valence electrons. The lowest BCUT2D eigenvalue weighted by Crippen LogP contribution is -2.43. The van der Waals surface area contributed by atoms with Crippen molar-refractivity contribution in [2.45, 2.75) is 44.9 Å². The Morgan fingerprint density at radius 1 is 1.27 bits per heavy atom. The first-order valence-corrected chi connectivity index (χ1v) is 5.97. The third-order valence-electron chi connectivity index (χ3n) is 3.97. The molecule has 0 atom stereocenters. The molecule has 15 heavy (non-hydrogen) atoms. The molecule has 1 spiro atoms. The van der Waals surface area contributed by atoms with Crippen molar-refractivity contribution in [3.8, 4) is 0 Å². The second-order valence-corrected chi connectivity index (χ2v) is 4.97. The van der Waals surface area contributed by atoms with Crippen LogP contribution in [0.2, 0.25) is 0 Å². The molecule has 3 heteroatoms. The summed E-state index contributed by atoms with van der Waals surface area (Å²) in [6, 6.07) is 0. The standard InChI is InChI=1S/C12H19NO2/c14-9-3-7-13-8-6-12(10-11(13)15)4-1-2-5-12/h9H,1-8,10H2. The summed E-state index contributed by atoms with van der Waals surface area (Å²) in [7, 11) is 0. The summed E-state index contributed by atoms with van der Waals surface area (Å²) in [5.74, 6) is 0.269. The van der Waals surface area contributed by atoms with Crippen LogP contribution in [0.25, 0.3) is 0 Å². The summed E-state index contributed by atoms with van der Waals surface area (Å²) in [6.45, 7) is 1.49. The quantitative estimate of drug-likeness (QED) is 0.664. The molecule has 1 saturated heterocycles. The molecule has 0 radical (unpaired) electrons. The van der Waals surface area contributed by atoms with Crippen molar-refractivity contribution in [3.05, 3.63) is 0 Å². The van der Waals surface area contributed by atoms with E-state index < -0.39 is 0 Å². The highest BCUT2D eigenvalue weighted by molar-refractivity contribution is 5.78. The molecule has 0 unspecified atom stereocenters. The first-order valence-electron chi connectivity index (χ1n) is 5.97. The molecular weight excluding hydrogens is 190 g/mol. The lowest BCUT2D eigenvalue weighted by molar-refractivity contribution is -0.138. The van der Waals surface area contributed by atoms with E-state index in [-0.39, 0.29) is 5.91 Å². The zero-order valence-corrected chi connectivity index (χ0v) is 9.21. The number of rotatable bonds is 3. The fourth-order valence-electron chi connectivity index (χ4n) is 3.01. The average Bonchev–Trinajstić information content (AvgIpc) is 2.66. The lowest BCUT2D eigenvalue weighted by Gasteiger charge is -2.38. The van der Waals surface area contributed by atoms with E-state index in [1.807, 2.05) is 4.90 Å². The summed E-state index contributed by atoms with van der Waals surface area (Å²) >= 11 is 0. The van der Waals surface area contributed by atoms with Crippen LogP contribution in [0, 0.1) is 5.41 Å². The number of hydrogen-bond donors (Lipinski definition) is 0. The Labute approximate surface area is 90.8 Å². The SMILES string of the molecule is O=CCCN1CCC2(CCCC2)CC1=O. The summed E-state index contributed by atoms with van der Waals surface area (Å²) in [5, 5.41) is 0. The van der Waals surface area contributed by atoms with E-state index in [0.29, 0.717) is 18.4 Å². The molecule has 0 aromatic carbocycles. The Hall–Kier alpha value is -0.860. The zero-order chi connectivity index (χ0) is 10.7. The number of carbonyl (C=O) groups excluding carboxylic acids is 2. The molecule has 3 nitrogen and oxygen atoms in total. The normalized spacial score (nSPS) is 24.8. The summed E-state index contributed by atoms with van der Waals surface area (Å²) in [5.41, 5.74) is 0.342. The van der Waals surface area contributed by atoms with Crippen LogP contribution in [0.5, 0.6) is 0 Å². The van der Waals surface area contributed by atoms with Gasteiger partial charge in [0, 0.05) is 25.9 Å². The van der Waals surface area contributed by atoms with E-state index in [4.69, 9.17) is 0 Å². The molecule has 1 heterocycles. The molecule has 0 bridgehead atoms. The van der Waals surface area contributed by atoms with Crippen molar-refractivity contribution in [2.75, 3.05) is 13.1 Å². The van der Waals surface area contributed by atoms with Crippen LogP contribution in [0.4, 0.5) is 0 Å². The van der Waals surface area contributed by atoms with Crippen LogP contribution in [-0.2, 0) is 9.59 Å². The fraction of sp³-hybridized carbons (Fsp3) is 0.833. The van der Waals surface area contributed by atoms with Gasteiger partial charge in [0.15, 0.2) is 0 Å². The maximum absolute atomic E-state index is 11.9. The summed E-state index contributed by atoms with van der Waals surface area (Å²) in [6.07, 6.45) is 8.32. The van der Waals surface area contributed by atoms with Crippen LogP contribution in [0.15, 0.2) is 0 Å². The Kier molecular flexibility index (Phi) is 3.08. The Morgan fingerprint density at radius 3 is 2.60 bits per heavy atom. The topological polar surface area (TPSA) is 37.4 Å². The van der Waals surface area contributed by atoms with Gasteiger partial charge in [0.2, 0.25) is 5.91 Å². The van der Waals surface area contributed by atoms with Crippen molar-refractivity contribution < 1.29 is 9.59 Å². The molecule has 1 aliphatic carbocycles. The average molecular weight is 209 g/mol. The monoisotopic (exact) mass is 209 g/mol. The largest absolute Gasteiger partial charge is 0.342 e. The predicted molar refractivity (Wildman–Crippen MR) is 57.4 cm³/mol. The molecular formula is C12H19NO2. The van der Waals surface area contributed by atoms with Crippen LogP contribution < -0.4 is 0 Å². The number of likely N-dealkylation sites (tertiary alicyclic amines) is 1. The van der Waals surface area contributed by atoms with E-state index >= 15 is 0 Å². The van der Waals surface area contributed by atoms with Crippen LogP contribution in [0.1, 0.15) is 44.9 Å².